The van der Waals surface area contributed by atoms with Crippen LogP contribution in [0.15, 0.2) is 54.6 Å². The summed E-state index contributed by atoms with van der Waals surface area (Å²) < 4.78 is 10.5. The van der Waals surface area contributed by atoms with Crippen LogP contribution in [0, 0.1) is 5.92 Å². The maximum atomic E-state index is 12.5. The van der Waals surface area contributed by atoms with Gasteiger partial charge in [0.25, 0.3) is 0 Å². The number of nitrogens with zero attached hydrogens (tertiary/aromatic N) is 1. The fourth-order valence-electron chi connectivity index (χ4n) is 4.14. The highest BCUT2D eigenvalue weighted by Gasteiger charge is 2.37. The van der Waals surface area contributed by atoms with Gasteiger partial charge in [0.05, 0.1) is 23.9 Å². The molecule has 1 heterocycles. The van der Waals surface area contributed by atoms with Crippen LogP contribution in [-0.4, -0.2) is 55.2 Å². The molecule has 8 heteroatoms. The van der Waals surface area contributed by atoms with Gasteiger partial charge in [-0.3, -0.25) is 14.9 Å². The van der Waals surface area contributed by atoms with Crippen molar-refractivity contribution in [1.82, 2.24) is 4.90 Å². The predicted octanol–water partition coefficient (Wildman–Crippen LogP) is 4.89. The molecule has 8 nitrogen and oxygen atoms in total. The normalized spacial score (nSPS) is 18.1. The zero-order valence-electron chi connectivity index (χ0n) is 21.5. The second-order valence-electron chi connectivity index (χ2n) is 9.85. The van der Waals surface area contributed by atoms with Gasteiger partial charge in [-0.25, -0.2) is 4.79 Å². The zero-order valence-corrected chi connectivity index (χ0v) is 21.5. The van der Waals surface area contributed by atoms with Crippen LogP contribution < -0.4 is 10.6 Å². The molecular formula is C28H35N3O5. The Labute approximate surface area is 212 Å². The van der Waals surface area contributed by atoms with Gasteiger partial charge in [0.1, 0.15) is 5.60 Å². The van der Waals surface area contributed by atoms with E-state index in [0.717, 1.165) is 17.7 Å². The molecule has 1 saturated heterocycles. The molecule has 1 fully saturated rings. The number of hydrogen-bond donors (Lipinski definition) is 2. The molecule has 192 valence electrons. The van der Waals surface area contributed by atoms with E-state index < -0.39 is 11.7 Å². The first-order chi connectivity index (χ1) is 17.1. The van der Waals surface area contributed by atoms with E-state index in [1.807, 2.05) is 38.2 Å². The minimum Gasteiger partial charge on any atom is -0.466 e. The van der Waals surface area contributed by atoms with E-state index in [1.54, 1.807) is 51.1 Å². The quantitative estimate of drug-likeness (QED) is 0.421. The molecule has 2 unspecified atom stereocenters. The molecule has 1 aliphatic rings. The second-order valence-corrected chi connectivity index (χ2v) is 9.85. The Kier molecular flexibility index (Phi) is 8.88. The average molecular weight is 494 g/mol. The van der Waals surface area contributed by atoms with E-state index in [2.05, 4.69) is 15.5 Å². The lowest BCUT2D eigenvalue weighted by molar-refractivity contribution is -0.148. The first-order valence-electron chi connectivity index (χ1n) is 12.1. The third-order valence-electron chi connectivity index (χ3n) is 5.70. The van der Waals surface area contributed by atoms with Crippen molar-refractivity contribution in [2.24, 2.45) is 5.92 Å². The lowest BCUT2D eigenvalue weighted by Crippen LogP contribution is -2.27. The highest BCUT2D eigenvalue weighted by atomic mass is 16.6. The van der Waals surface area contributed by atoms with E-state index >= 15 is 0 Å². The van der Waals surface area contributed by atoms with Crippen LogP contribution in [0.5, 0.6) is 0 Å². The summed E-state index contributed by atoms with van der Waals surface area (Å²) in [7, 11) is 2.00. The number of para-hydroxylation sites is 2. The number of esters is 1. The van der Waals surface area contributed by atoms with E-state index in [9.17, 15) is 14.4 Å². The van der Waals surface area contributed by atoms with Gasteiger partial charge in [-0.1, -0.05) is 36.4 Å². The van der Waals surface area contributed by atoms with E-state index in [4.69, 9.17) is 9.47 Å². The number of rotatable bonds is 7. The largest absolute Gasteiger partial charge is 0.466 e. The monoisotopic (exact) mass is 493 g/mol. The molecule has 0 spiro atoms. The van der Waals surface area contributed by atoms with Crippen molar-refractivity contribution in [3.63, 3.8) is 0 Å². The molecule has 0 radical (unpaired) electrons. The number of hydrogen-bond acceptors (Lipinski definition) is 6. The van der Waals surface area contributed by atoms with Crippen molar-refractivity contribution < 1.29 is 23.9 Å². The maximum Gasteiger partial charge on any atom is 0.412 e. The van der Waals surface area contributed by atoms with Crippen LogP contribution in [0.2, 0.25) is 0 Å². The van der Waals surface area contributed by atoms with Crippen molar-refractivity contribution >= 4 is 35.4 Å². The molecule has 3 rings (SSSR count). The molecule has 36 heavy (non-hydrogen) atoms. The molecule has 1 aliphatic heterocycles. The van der Waals surface area contributed by atoms with Crippen molar-refractivity contribution in [2.75, 3.05) is 37.4 Å². The van der Waals surface area contributed by atoms with Crippen molar-refractivity contribution in [1.29, 1.82) is 0 Å². The Balaban J connectivity index is 1.63. The van der Waals surface area contributed by atoms with Gasteiger partial charge in [0.2, 0.25) is 5.91 Å². The Bertz CT molecular complexity index is 1100. The molecule has 0 aromatic heterocycles. The molecule has 0 aliphatic carbocycles. The first kappa shape index (κ1) is 26.9. The Morgan fingerprint density at radius 3 is 2.25 bits per heavy atom. The molecule has 2 aromatic carbocycles. The molecule has 2 amide bonds. The molecule has 2 N–H and O–H groups in total. The summed E-state index contributed by atoms with van der Waals surface area (Å²) in [5.41, 5.74) is 2.20. The van der Waals surface area contributed by atoms with Gasteiger partial charge in [-0.2, -0.15) is 0 Å². The molecular weight excluding hydrogens is 458 g/mol. The summed E-state index contributed by atoms with van der Waals surface area (Å²) in [6.45, 7) is 9.00. The van der Waals surface area contributed by atoms with Gasteiger partial charge in [0, 0.05) is 25.1 Å². The topological polar surface area (TPSA) is 97.0 Å². The number of carbonyl (C=O) groups excluding carboxylic acids is 3. The number of nitrogens with one attached hydrogen (secondary N) is 2. The molecule has 2 atom stereocenters. The van der Waals surface area contributed by atoms with Crippen LogP contribution in [0.1, 0.15) is 44.7 Å². The summed E-state index contributed by atoms with van der Waals surface area (Å²) in [6, 6.07) is 14.8. The Morgan fingerprint density at radius 2 is 1.64 bits per heavy atom. The van der Waals surface area contributed by atoms with Crippen LogP contribution in [0.4, 0.5) is 16.2 Å². The van der Waals surface area contributed by atoms with Crippen molar-refractivity contribution in [2.45, 2.75) is 39.2 Å². The smallest absolute Gasteiger partial charge is 0.412 e. The number of likely N-dealkylation sites (tertiary alicyclic amines) is 1. The lowest BCUT2D eigenvalue weighted by atomic mass is 9.88. The highest BCUT2D eigenvalue weighted by molar-refractivity contribution is 6.05. The van der Waals surface area contributed by atoms with Crippen LogP contribution >= 0.6 is 0 Å². The van der Waals surface area contributed by atoms with Gasteiger partial charge < -0.3 is 19.7 Å². The Hall–Kier alpha value is -3.65. The maximum absolute atomic E-state index is 12.5. The van der Waals surface area contributed by atoms with E-state index in [0.29, 0.717) is 24.5 Å². The summed E-state index contributed by atoms with van der Waals surface area (Å²) in [5.74, 6) is -0.605. The zero-order chi connectivity index (χ0) is 26.3. The fourth-order valence-corrected chi connectivity index (χ4v) is 4.14. The number of anilines is 2. The van der Waals surface area contributed by atoms with Crippen LogP contribution in [0.25, 0.3) is 6.08 Å². The van der Waals surface area contributed by atoms with Crippen LogP contribution in [0.3, 0.4) is 0 Å². The summed E-state index contributed by atoms with van der Waals surface area (Å²) in [6.07, 6.45) is 2.55. The van der Waals surface area contributed by atoms with E-state index in [-0.39, 0.29) is 23.7 Å². The third-order valence-corrected chi connectivity index (χ3v) is 5.70. The minimum absolute atomic E-state index is 0.0735. The third kappa shape index (κ3) is 7.68. The average Bonchev–Trinajstić information content (AvgIpc) is 3.20. The van der Waals surface area contributed by atoms with Crippen molar-refractivity contribution in [3.05, 3.63) is 65.7 Å². The SMILES string of the molecule is CCOC(=O)C1CN(C)CC1c1ccc(/C=C/C(=O)Nc2ccccc2NC(=O)OC(C)(C)C)cc1. The number of ether oxygens (including phenoxy) is 2. The fraction of sp³-hybridized carbons (Fsp3) is 0.393. The molecule has 0 bridgehead atoms. The summed E-state index contributed by atoms with van der Waals surface area (Å²) in [4.78, 5) is 39.2. The number of benzene rings is 2. The number of carbonyl (C=O) groups is 3. The van der Waals surface area contributed by atoms with Gasteiger partial charge in [0.15, 0.2) is 0 Å². The first-order valence-corrected chi connectivity index (χ1v) is 12.1. The number of likely N-dealkylation sites (N-methyl/N-ethyl adjacent to an activating group) is 1. The van der Waals surface area contributed by atoms with Crippen LogP contribution in [-0.2, 0) is 19.1 Å². The van der Waals surface area contributed by atoms with Gasteiger partial charge >= 0.3 is 12.1 Å². The highest BCUT2D eigenvalue weighted by Crippen LogP contribution is 2.33. The molecule has 2 aromatic rings. The van der Waals surface area contributed by atoms with Gasteiger partial charge in [-0.15, -0.1) is 0 Å². The van der Waals surface area contributed by atoms with Crippen molar-refractivity contribution in [3.8, 4) is 0 Å². The molecule has 0 saturated carbocycles. The minimum atomic E-state index is -0.631. The second kappa shape index (κ2) is 11.9. The van der Waals surface area contributed by atoms with Gasteiger partial charge in [-0.05, 0) is 64.1 Å². The number of amides is 2. The predicted molar refractivity (Wildman–Crippen MR) is 141 cm³/mol. The summed E-state index contributed by atoms with van der Waals surface area (Å²) >= 11 is 0. The van der Waals surface area contributed by atoms with E-state index in [1.165, 1.54) is 6.08 Å². The Morgan fingerprint density at radius 1 is 1.00 bits per heavy atom. The lowest BCUT2D eigenvalue weighted by Gasteiger charge is -2.20. The standard InChI is InChI=1S/C28H35N3O5/c1-6-35-26(33)22-18-31(5)17-21(22)20-14-11-19(12-15-20)13-16-25(32)29-23-9-7-8-10-24(23)30-27(34)36-28(2,3)4/h7-16,21-22H,6,17-18H2,1-5H3,(H,29,32)(H,30,34)/b16-13+. The summed E-state index contributed by atoms with van der Waals surface area (Å²) in [5, 5.41) is 5.45.